The number of amides is 3. The van der Waals surface area contributed by atoms with Gasteiger partial charge in [-0.15, -0.1) is 0 Å². The van der Waals surface area contributed by atoms with Crippen LogP contribution in [0.4, 0.5) is 11.4 Å². The van der Waals surface area contributed by atoms with Gasteiger partial charge in [0, 0.05) is 15.8 Å². The molecule has 0 fully saturated rings. The van der Waals surface area contributed by atoms with E-state index in [2.05, 4.69) is 59.7 Å². The Kier molecular flexibility index (Phi) is 11.1. The van der Waals surface area contributed by atoms with Gasteiger partial charge in [-0.25, -0.2) is 5.43 Å². The first kappa shape index (κ1) is 29.1. The minimum absolute atomic E-state index is 0.216. The molecule has 3 amide bonds. The van der Waals surface area contributed by atoms with E-state index in [1.54, 1.807) is 36.4 Å². The van der Waals surface area contributed by atoms with E-state index in [1.165, 1.54) is 6.21 Å². The second-order valence-corrected chi connectivity index (χ2v) is 9.85. The molecule has 0 spiro atoms. The molecule has 3 rings (SSSR count). The van der Waals surface area contributed by atoms with E-state index in [0.29, 0.717) is 45.0 Å². The highest BCUT2D eigenvalue weighted by atomic mass is 127. The Morgan fingerprint density at radius 1 is 0.974 bits per heavy atom. The fourth-order valence-electron chi connectivity index (χ4n) is 3.28. The zero-order chi connectivity index (χ0) is 27.5. The zero-order valence-corrected chi connectivity index (χ0v) is 24.5. The van der Waals surface area contributed by atoms with Gasteiger partial charge in [0.25, 0.3) is 5.91 Å². The number of benzene rings is 3. The summed E-state index contributed by atoms with van der Waals surface area (Å²) in [5.74, 6) is -1.22. The predicted octanol–water partition coefficient (Wildman–Crippen LogP) is 5.12. The molecule has 0 atom stereocenters. The molecule has 0 radical (unpaired) electrons. The molecule has 0 bridgehead atoms. The summed E-state index contributed by atoms with van der Waals surface area (Å²) < 4.78 is 13.0. The third-order valence-electron chi connectivity index (χ3n) is 5.04. The Morgan fingerprint density at radius 2 is 1.71 bits per heavy atom. The number of hydrazone groups is 1. The third-order valence-corrected chi connectivity index (χ3v) is 6.37. The number of aryl methyl sites for hydroxylation is 1. The SMILES string of the molecule is CCOc1cc(/C=N\NC(=O)C(=O)Nc2ccccc2CC)cc(I)c1OCC(=O)Nc1ccc(Br)cc1. The smallest absolute Gasteiger partial charge is 0.329 e. The molecular weight excluding hydrogens is 667 g/mol. The Balaban J connectivity index is 1.61. The number of carbonyl (C=O) groups is 3. The van der Waals surface area contributed by atoms with Crippen LogP contribution in [0.15, 0.2) is 70.2 Å². The van der Waals surface area contributed by atoms with E-state index < -0.39 is 11.8 Å². The summed E-state index contributed by atoms with van der Waals surface area (Å²) in [5, 5.41) is 9.26. The molecule has 0 saturated heterocycles. The monoisotopic (exact) mass is 692 g/mol. The van der Waals surface area contributed by atoms with E-state index in [4.69, 9.17) is 9.47 Å². The number of halogens is 2. The van der Waals surface area contributed by atoms with Crippen molar-refractivity contribution in [2.75, 3.05) is 23.8 Å². The Bertz CT molecular complexity index is 1330. The van der Waals surface area contributed by atoms with Crippen molar-refractivity contribution in [1.82, 2.24) is 5.43 Å². The maximum Gasteiger partial charge on any atom is 0.329 e. The molecule has 0 unspecified atom stereocenters. The summed E-state index contributed by atoms with van der Waals surface area (Å²) in [6, 6.07) is 17.9. The van der Waals surface area contributed by atoms with Crippen LogP contribution in [0.1, 0.15) is 25.0 Å². The minimum atomic E-state index is -0.899. The van der Waals surface area contributed by atoms with Crippen molar-refractivity contribution in [3.05, 3.63) is 79.8 Å². The lowest BCUT2D eigenvalue weighted by molar-refractivity contribution is -0.136. The van der Waals surface area contributed by atoms with Gasteiger partial charge in [-0.1, -0.05) is 41.1 Å². The van der Waals surface area contributed by atoms with Gasteiger partial charge >= 0.3 is 11.8 Å². The van der Waals surface area contributed by atoms with Gasteiger partial charge < -0.3 is 20.1 Å². The average Bonchev–Trinajstić information content (AvgIpc) is 2.90. The van der Waals surface area contributed by atoms with Gasteiger partial charge in [-0.05, 0) is 89.5 Å². The third kappa shape index (κ3) is 8.55. The predicted molar refractivity (Wildman–Crippen MR) is 159 cm³/mol. The molecule has 9 nitrogen and oxygen atoms in total. The Labute approximate surface area is 242 Å². The van der Waals surface area contributed by atoms with E-state index >= 15 is 0 Å². The zero-order valence-electron chi connectivity index (χ0n) is 20.7. The standard InChI is InChI=1S/C27H26BrIN4O5/c1-3-18-7-5-6-8-22(18)32-26(35)27(36)33-30-15-17-13-21(29)25(23(14-17)37-4-2)38-16-24(34)31-20-11-9-19(28)10-12-20/h5-15H,3-4,16H2,1-2H3,(H,31,34)(H,32,35)(H,33,36)/b30-15-. The van der Waals surface area contributed by atoms with Crippen LogP contribution in [0.3, 0.4) is 0 Å². The van der Waals surface area contributed by atoms with E-state index in [0.717, 1.165) is 10.0 Å². The number of hydrogen-bond donors (Lipinski definition) is 3. The molecule has 0 saturated carbocycles. The van der Waals surface area contributed by atoms with E-state index in [9.17, 15) is 14.4 Å². The lowest BCUT2D eigenvalue weighted by Crippen LogP contribution is -2.32. The van der Waals surface area contributed by atoms with Crippen LogP contribution in [0.5, 0.6) is 11.5 Å². The van der Waals surface area contributed by atoms with Gasteiger partial charge in [0.05, 0.1) is 16.4 Å². The summed E-state index contributed by atoms with van der Waals surface area (Å²) in [6.45, 7) is 3.94. The van der Waals surface area contributed by atoms with Gasteiger partial charge in [0.2, 0.25) is 0 Å². The first-order valence-corrected chi connectivity index (χ1v) is 13.5. The molecule has 3 aromatic rings. The molecule has 3 aromatic carbocycles. The highest BCUT2D eigenvalue weighted by Crippen LogP contribution is 2.34. The quantitative estimate of drug-likeness (QED) is 0.118. The van der Waals surface area contributed by atoms with Crippen LogP contribution < -0.4 is 25.5 Å². The first-order valence-electron chi connectivity index (χ1n) is 11.7. The molecule has 0 aliphatic heterocycles. The number of para-hydroxylation sites is 1. The lowest BCUT2D eigenvalue weighted by atomic mass is 10.1. The Hall–Kier alpha value is -3.45. The molecule has 0 aromatic heterocycles. The molecular formula is C27H26BrIN4O5. The maximum atomic E-state index is 12.3. The second-order valence-electron chi connectivity index (χ2n) is 7.77. The summed E-state index contributed by atoms with van der Waals surface area (Å²) in [4.78, 5) is 36.8. The van der Waals surface area contributed by atoms with Crippen LogP contribution in [0.2, 0.25) is 0 Å². The van der Waals surface area contributed by atoms with Gasteiger partial charge in [0.15, 0.2) is 18.1 Å². The van der Waals surface area contributed by atoms with E-state index in [1.807, 2.05) is 38.1 Å². The molecule has 0 heterocycles. The molecule has 0 aliphatic carbocycles. The topological polar surface area (TPSA) is 118 Å². The molecule has 11 heteroatoms. The van der Waals surface area contributed by atoms with Crippen LogP contribution >= 0.6 is 38.5 Å². The Morgan fingerprint density at radius 3 is 2.42 bits per heavy atom. The van der Waals surface area contributed by atoms with Crippen molar-refractivity contribution in [3.8, 4) is 11.5 Å². The van der Waals surface area contributed by atoms with Crippen molar-refractivity contribution in [2.24, 2.45) is 5.10 Å². The van der Waals surface area contributed by atoms with Crippen molar-refractivity contribution in [2.45, 2.75) is 20.3 Å². The average molecular weight is 693 g/mol. The van der Waals surface area contributed by atoms with Crippen LogP contribution in [0, 0.1) is 3.57 Å². The van der Waals surface area contributed by atoms with Crippen LogP contribution in [0.25, 0.3) is 0 Å². The van der Waals surface area contributed by atoms with Crippen molar-refractivity contribution < 1.29 is 23.9 Å². The summed E-state index contributed by atoms with van der Waals surface area (Å²) in [7, 11) is 0. The summed E-state index contributed by atoms with van der Waals surface area (Å²) >= 11 is 5.42. The minimum Gasteiger partial charge on any atom is -0.490 e. The van der Waals surface area contributed by atoms with E-state index in [-0.39, 0.29) is 12.5 Å². The molecule has 0 aliphatic rings. The highest BCUT2D eigenvalue weighted by Gasteiger charge is 2.16. The number of carbonyl (C=O) groups excluding carboxylic acids is 3. The number of rotatable bonds is 10. The summed E-state index contributed by atoms with van der Waals surface area (Å²) in [6.07, 6.45) is 2.10. The fourth-order valence-corrected chi connectivity index (χ4v) is 4.32. The molecule has 38 heavy (non-hydrogen) atoms. The van der Waals surface area contributed by atoms with Crippen LogP contribution in [-0.4, -0.2) is 37.1 Å². The largest absolute Gasteiger partial charge is 0.490 e. The fraction of sp³-hybridized carbons (Fsp3) is 0.185. The van der Waals surface area contributed by atoms with Crippen LogP contribution in [-0.2, 0) is 20.8 Å². The lowest BCUT2D eigenvalue weighted by Gasteiger charge is -2.14. The number of anilines is 2. The number of nitrogens with zero attached hydrogens (tertiary/aromatic N) is 1. The normalized spacial score (nSPS) is 10.6. The number of hydrogen-bond acceptors (Lipinski definition) is 6. The van der Waals surface area contributed by atoms with Gasteiger partial charge in [-0.3, -0.25) is 14.4 Å². The second kappa shape index (κ2) is 14.5. The van der Waals surface area contributed by atoms with Crippen molar-refractivity contribution in [3.63, 3.8) is 0 Å². The van der Waals surface area contributed by atoms with Gasteiger partial charge in [0.1, 0.15) is 0 Å². The highest BCUT2D eigenvalue weighted by molar-refractivity contribution is 14.1. The molecule has 198 valence electrons. The van der Waals surface area contributed by atoms with Gasteiger partial charge in [-0.2, -0.15) is 5.10 Å². The van der Waals surface area contributed by atoms with Crippen molar-refractivity contribution in [1.29, 1.82) is 0 Å². The number of nitrogens with one attached hydrogen (secondary N) is 3. The molecule has 3 N–H and O–H groups in total. The number of ether oxygens (including phenoxy) is 2. The van der Waals surface area contributed by atoms with Crippen molar-refractivity contribution >= 4 is 73.8 Å². The maximum absolute atomic E-state index is 12.3. The summed E-state index contributed by atoms with van der Waals surface area (Å²) in [5.41, 5.74) is 4.98. The first-order chi connectivity index (χ1) is 18.3.